The number of carbonyl (C=O) groups is 1. The second kappa shape index (κ2) is 12.9. The largest absolute Gasteiger partial charge is 0.495 e. The Balaban J connectivity index is 1.15. The molecule has 2 aromatic carbocycles. The third-order valence-electron chi connectivity index (χ3n) is 9.09. The van der Waals surface area contributed by atoms with E-state index in [0.29, 0.717) is 28.0 Å². The maximum absolute atomic E-state index is 13.7. The van der Waals surface area contributed by atoms with Gasteiger partial charge in [0.1, 0.15) is 12.3 Å². The molecule has 0 bridgehead atoms. The van der Waals surface area contributed by atoms with Gasteiger partial charge in [-0.25, -0.2) is 13.1 Å². The SMILES string of the molecule is COc1cc(S(=O)(=O)NC(C)=O)ccc1NCC#Cc1cc2c(NC3CCC(N4CC5(COC5)C4)CC3)cccc2n1CC(F)(F)F. The lowest BCUT2D eigenvalue weighted by Crippen LogP contribution is -2.68. The summed E-state index contributed by atoms with van der Waals surface area (Å²) in [6.45, 7) is 3.94. The summed E-state index contributed by atoms with van der Waals surface area (Å²) in [7, 11) is -2.70. The van der Waals surface area contributed by atoms with Crippen LogP contribution in [-0.4, -0.2) is 82.0 Å². The molecule has 47 heavy (non-hydrogen) atoms. The second-order valence-corrected chi connectivity index (χ2v) is 14.4. The van der Waals surface area contributed by atoms with Crippen LogP contribution in [-0.2, 0) is 26.1 Å². The van der Waals surface area contributed by atoms with Gasteiger partial charge in [-0.2, -0.15) is 13.2 Å². The maximum atomic E-state index is 13.7. The van der Waals surface area contributed by atoms with Crippen LogP contribution in [0.4, 0.5) is 24.5 Å². The molecular formula is C33H38F3N5O5S. The first-order chi connectivity index (χ1) is 22.3. The Morgan fingerprint density at radius 3 is 2.47 bits per heavy atom. The fourth-order valence-corrected chi connectivity index (χ4v) is 7.83. The zero-order valence-corrected chi connectivity index (χ0v) is 27.1. The van der Waals surface area contributed by atoms with Gasteiger partial charge in [-0.15, -0.1) is 0 Å². The molecule has 14 heteroatoms. The minimum Gasteiger partial charge on any atom is -0.495 e. The molecule has 3 heterocycles. The summed E-state index contributed by atoms with van der Waals surface area (Å²) < 4.78 is 79.6. The monoisotopic (exact) mass is 673 g/mol. The van der Waals surface area contributed by atoms with E-state index >= 15 is 0 Å². The van der Waals surface area contributed by atoms with Crippen molar-refractivity contribution in [2.75, 3.05) is 50.6 Å². The zero-order valence-electron chi connectivity index (χ0n) is 26.2. The average Bonchev–Trinajstić information content (AvgIpc) is 3.30. The molecule has 6 rings (SSSR count). The molecule has 1 saturated carbocycles. The number of likely N-dealkylation sites (tertiary alicyclic amines) is 1. The number of halogens is 3. The Kier molecular flexibility index (Phi) is 9.08. The summed E-state index contributed by atoms with van der Waals surface area (Å²) in [5, 5.41) is 7.32. The van der Waals surface area contributed by atoms with Crippen LogP contribution in [0.25, 0.3) is 10.9 Å². The number of nitrogens with zero attached hydrogens (tertiary/aromatic N) is 2. The lowest BCUT2D eigenvalue weighted by molar-refractivity contribution is -0.200. The highest BCUT2D eigenvalue weighted by Gasteiger charge is 2.50. The minimum atomic E-state index is -4.45. The van der Waals surface area contributed by atoms with Gasteiger partial charge in [-0.05, 0) is 61.9 Å². The number of carbonyl (C=O) groups excluding carboxylic acids is 1. The maximum Gasteiger partial charge on any atom is 0.406 e. The molecule has 1 amide bonds. The number of benzene rings is 2. The Labute approximate surface area is 272 Å². The number of methoxy groups -OCH3 is 1. The molecule has 1 spiro atoms. The quantitative estimate of drug-likeness (QED) is 0.284. The van der Waals surface area contributed by atoms with Crippen LogP contribution in [0.2, 0.25) is 0 Å². The number of aromatic nitrogens is 1. The van der Waals surface area contributed by atoms with Gasteiger partial charge < -0.3 is 24.7 Å². The molecule has 1 aromatic heterocycles. The Bertz CT molecular complexity index is 1810. The highest BCUT2D eigenvalue weighted by Crippen LogP contribution is 2.41. The van der Waals surface area contributed by atoms with Crippen LogP contribution >= 0.6 is 0 Å². The van der Waals surface area contributed by atoms with Crippen LogP contribution < -0.4 is 20.1 Å². The third kappa shape index (κ3) is 7.32. The lowest BCUT2D eigenvalue weighted by Gasteiger charge is -2.58. The average molecular weight is 674 g/mol. The van der Waals surface area contributed by atoms with Crippen molar-refractivity contribution in [3.8, 4) is 17.6 Å². The van der Waals surface area contributed by atoms with Crippen LogP contribution in [0.3, 0.4) is 0 Å². The molecule has 3 N–H and O–H groups in total. The molecule has 1 aliphatic carbocycles. The molecule has 10 nitrogen and oxygen atoms in total. The van der Waals surface area contributed by atoms with E-state index in [0.717, 1.165) is 64.6 Å². The summed E-state index contributed by atoms with van der Waals surface area (Å²) in [6.07, 6.45) is -0.293. The minimum absolute atomic E-state index is 0.0429. The van der Waals surface area contributed by atoms with Gasteiger partial charge >= 0.3 is 6.18 Å². The number of sulfonamides is 1. The molecule has 0 atom stereocenters. The number of ether oxygens (including phenoxy) is 2. The van der Waals surface area contributed by atoms with Crippen molar-refractivity contribution in [2.24, 2.45) is 5.41 Å². The lowest BCUT2D eigenvalue weighted by atomic mass is 9.75. The summed E-state index contributed by atoms with van der Waals surface area (Å²) in [5.41, 5.74) is 2.29. The van der Waals surface area contributed by atoms with Crippen molar-refractivity contribution < 1.29 is 35.9 Å². The van der Waals surface area contributed by atoms with E-state index in [1.807, 2.05) is 10.8 Å². The van der Waals surface area contributed by atoms with Crippen molar-refractivity contribution in [3.05, 3.63) is 48.2 Å². The fourth-order valence-electron chi connectivity index (χ4n) is 6.82. The first-order valence-corrected chi connectivity index (χ1v) is 17.0. The predicted molar refractivity (Wildman–Crippen MR) is 172 cm³/mol. The number of rotatable bonds is 9. The van der Waals surface area contributed by atoms with Gasteiger partial charge in [0.05, 0.1) is 48.7 Å². The third-order valence-corrected chi connectivity index (χ3v) is 10.5. The topological polar surface area (TPSA) is 114 Å². The van der Waals surface area contributed by atoms with Gasteiger partial charge in [-0.3, -0.25) is 9.69 Å². The number of anilines is 2. The molecule has 2 aliphatic heterocycles. The normalized spacial score (nSPS) is 20.9. The van der Waals surface area contributed by atoms with Gasteiger partial charge in [0.25, 0.3) is 10.0 Å². The molecule has 3 fully saturated rings. The van der Waals surface area contributed by atoms with Gasteiger partial charge in [0.2, 0.25) is 5.91 Å². The fraction of sp³-hybridized carbons (Fsp3) is 0.485. The van der Waals surface area contributed by atoms with E-state index in [1.54, 1.807) is 18.2 Å². The second-order valence-electron chi connectivity index (χ2n) is 12.7. The number of hydrogen-bond acceptors (Lipinski definition) is 8. The molecule has 0 radical (unpaired) electrons. The molecule has 252 valence electrons. The van der Waals surface area contributed by atoms with E-state index in [-0.39, 0.29) is 28.9 Å². The van der Waals surface area contributed by atoms with E-state index in [4.69, 9.17) is 9.47 Å². The van der Waals surface area contributed by atoms with Crippen molar-refractivity contribution in [3.63, 3.8) is 0 Å². The number of fused-ring (bicyclic) bond motifs is 1. The van der Waals surface area contributed by atoms with Gasteiger partial charge in [-0.1, -0.05) is 12.0 Å². The first-order valence-electron chi connectivity index (χ1n) is 15.6. The standard InChI is InChI=1S/C33H38F3N5O5S/c1-22(42)39-47(43,44)26-12-13-29(31(16-26)45-2)37-14-4-5-25-15-27-28(6-3-7-30(27)41(25)19-33(34,35)36)38-23-8-10-24(11-9-23)40-17-32(18-40)20-46-21-32/h3,6-7,12-13,15-16,23-24,37-38H,8-11,14,17-21H2,1-2H3,(H,39,42). The van der Waals surface area contributed by atoms with Gasteiger partial charge in [0.15, 0.2) is 0 Å². The smallest absolute Gasteiger partial charge is 0.406 e. The predicted octanol–water partition coefficient (Wildman–Crippen LogP) is 4.56. The van der Waals surface area contributed by atoms with Crippen molar-refractivity contribution >= 4 is 38.2 Å². The molecule has 3 aliphatic rings. The van der Waals surface area contributed by atoms with Crippen LogP contribution in [0.5, 0.6) is 5.75 Å². The van der Waals surface area contributed by atoms with Crippen LogP contribution in [0, 0.1) is 17.3 Å². The number of nitrogens with one attached hydrogen (secondary N) is 3. The van der Waals surface area contributed by atoms with E-state index in [2.05, 4.69) is 27.4 Å². The summed E-state index contributed by atoms with van der Waals surface area (Å²) in [4.78, 5) is 13.7. The number of hydrogen-bond donors (Lipinski definition) is 3. The van der Waals surface area contributed by atoms with Gasteiger partial charge in [0, 0.05) is 54.7 Å². The van der Waals surface area contributed by atoms with E-state index in [9.17, 15) is 26.4 Å². The van der Waals surface area contributed by atoms with Crippen LogP contribution in [0.1, 0.15) is 38.3 Å². The highest BCUT2D eigenvalue weighted by atomic mass is 32.2. The van der Waals surface area contributed by atoms with Crippen molar-refractivity contribution in [1.29, 1.82) is 0 Å². The molecule has 2 saturated heterocycles. The van der Waals surface area contributed by atoms with Crippen LogP contribution in [0.15, 0.2) is 47.4 Å². The summed E-state index contributed by atoms with van der Waals surface area (Å²) in [6, 6.07) is 11.9. The van der Waals surface area contributed by atoms with E-state index < -0.39 is 28.7 Å². The van der Waals surface area contributed by atoms with Crippen molar-refractivity contribution in [1.82, 2.24) is 14.2 Å². The molecule has 3 aromatic rings. The Morgan fingerprint density at radius 1 is 1.09 bits per heavy atom. The van der Waals surface area contributed by atoms with Crippen molar-refractivity contribution in [2.45, 2.75) is 62.3 Å². The number of amides is 1. The highest BCUT2D eigenvalue weighted by molar-refractivity contribution is 7.90. The number of alkyl halides is 3. The first kappa shape index (κ1) is 33.0. The Morgan fingerprint density at radius 2 is 1.83 bits per heavy atom. The molecular weight excluding hydrogens is 635 g/mol. The summed E-state index contributed by atoms with van der Waals surface area (Å²) in [5.74, 6) is 5.24. The molecule has 0 unspecified atom stereocenters. The summed E-state index contributed by atoms with van der Waals surface area (Å²) >= 11 is 0. The Hall–Kier alpha value is -3.93. The zero-order chi connectivity index (χ0) is 33.4. The van der Waals surface area contributed by atoms with E-state index in [1.165, 1.54) is 29.9 Å².